The topological polar surface area (TPSA) is 119 Å². The number of ketones is 1. The molecule has 4 aromatic rings. The molecule has 50 heavy (non-hydrogen) atoms. The maximum Gasteiger partial charge on any atom is 0.243 e. The van der Waals surface area contributed by atoms with Crippen molar-refractivity contribution < 1.29 is 14.4 Å². The van der Waals surface area contributed by atoms with Crippen LogP contribution in [0.25, 0.3) is 5.69 Å². The lowest BCUT2D eigenvalue weighted by atomic mass is 9.88. The third kappa shape index (κ3) is 13.5. The summed E-state index contributed by atoms with van der Waals surface area (Å²) in [7, 11) is 0. The van der Waals surface area contributed by atoms with Crippen molar-refractivity contribution in [1.29, 1.82) is 0 Å². The number of para-hydroxylation sites is 2. The molecule has 0 aliphatic carbocycles. The Bertz CT molecular complexity index is 1550. The Morgan fingerprint density at radius 3 is 1.92 bits per heavy atom. The van der Waals surface area contributed by atoms with Gasteiger partial charge in [0.1, 0.15) is 0 Å². The molecule has 0 bridgehead atoms. The van der Waals surface area contributed by atoms with Gasteiger partial charge in [-0.2, -0.15) is 4.68 Å². The fourth-order valence-electron chi connectivity index (χ4n) is 6.01. The van der Waals surface area contributed by atoms with E-state index in [1.54, 1.807) is 16.8 Å². The Labute approximate surface area is 301 Å². The molecule has 266 valence electrons. The highest BCUT2D eigenvalue weighted by molar-refractivity contribution is 8.00. The molecule has 0 spiro atoms. The van der Waals surface area contributed by atoms with Crippen LogP contribution in [-0.2, 0) is 9.59 Å². The number of aromatic nitrogens is 4. The number of benzene rings is 3. The molecule has 10 heteroatoms. The van der Waals surface area contributed by atoms with Crippen molar-refractivity contribution in [1.82, 2.24) is 25.5 Å². The monoisotopic (exact) mass is 696 g/mol. The minimum absolute atomic E-state index is 0.109. The van der Waals surface area contributed by atoms with E-state index in [-0.39, 0.29) is 30.1 Å². The average Bonchev–Trinajstić information content (AvgIpc) is 3.62. The summed E-state index contributed by atoms with van der Waals surface area (Å²) in [6.07, 6.45) is 15.4. The second-order valence-corrected chi connectivity index (χ2v) is 13.9. The summed E-state index contributed by atoms with van der Waals surface area (Å²) < 4.78 is 1.60. The number of thioether (sulfide) groups is 1. The summed E-state index contributed by atoms with van der Waals surface area (Å²) >= 11 is 1.25. The number of nitrogens with one attached hydrogen (secondary N) is 2. The fourth-order valence-corrected chi connectivity index (χ4v) is 7.04. The number of nitrogens with zero attached hydrogens (tertiary/aromatic N) is 4. The number of Topliss-reactive ketones (excluding diaryl/α,β-unsaturated/α-hetero) is 1. The highest BCUT2D eigenvalue weighted by atomic mass is 32.2. The summed E-state index contributed by atoms with van der Waals surface area (Å²) in [4.78, 5) is 40.2. The van der Waals surface area contributed by atoms with Gasteiger partial charge < -0.3 is 10.6 Å². The third-order valence-corrected chi connectivity index (χ3v) is 10.0. The Morgan fingerprint density at radius 1 is 0.700 bits per heavy atom. The lowest BCUT2D eigenvalue weighted by molar-refractivity contribution is -0.123. The lowest BCUT2D eigenvalue weighted by Gasteiger charge is -2.20. The van der Waals surface area contributed by atoms with E-state index in [9.17, 15) is 14.4 Å². The Hall–Kier alpha value is -4.31. The average molecular weight is 697 g/mol. The number of carbonyl (C=O) groups is 3. The fraction of sp³-hybridized carbons (Fsp3) is 0.450. The number of carbonyl (C=O) groups excluding carboxylic acids is 3. The van der Waals surface area contributed by atoms with E-state index >= 15 is 0 Å². The number of unbranched alkanes of at least 4 members (excludes halogenated alkanes) is 10. The van der Waals surface area contributed by atoms with Crippen LogP contribution in [0.4, 0.5) is 5.69 Å². The molecule has 3 aromatic carbocycles. The second kappa shape index (κ2) is 22.4. The van der Waals surface area contributed by atoms with Crippen molar-refractivity contribution in [2.24, 2.45) is 5.92 Å². The minimum Gasteiger partial charge on any atom is -0.346 e. The van der Waals surface area contributed by atoms with Crippen molar-refractivity contribution in [3.8, 4) is 5.69 Å². The predicted molar refractivity (Wildman–Crippen MR) is 201 cm³/mol. The summed E-state index contributed by atoms with van der Waals surface area (Å²) in [5.74, 6) is -0.742. The number of hydrogen-bond acceptors (Lipinski definition) is 7. The summed E-state index contributed by atoms with van der Waals surface area (Å²) in [6, 6.07) is 28.1. The maximum absolute atomic E-state index is 13.8. The maximum atomic E-state index is 13.8. The van der Waals surface area contributed by atoms with Crippen molar-refractivity contribution in [2.75, 3.05) is 11.9 Å². The van der Waals surface area contributed by atoms with Gasteiger partial charge in [-0.3, -0.25) is 14.4 Å². The molecular formula is C40H52N6O3S. The molecule has 1 aromatic heterocycles. The normalized spacial score (nSPS) is 12.3. The molecule has 2 atom stereocenters. The SMILES string of the molecule is CCCCCCCCCCCCCC(CCC(Sc1nnnn1-c1ccccc1)C(=O)NCC(=O)Nc1ccccc1)C(=O)c1ccccc1. The third-order valence-electron chi connectivity index (χ3n) is 8.83. The summed E-state index contributed by atoms with van der Waals surface area (Å²) in [6.45, 7) is 2.07. The Kier molecular flexibility index (Phi) is 17.3. The van der Waals surface area contributed by atoms with E-state index in [4.69, 9.17) is 0 Å². The van der Waals surface area contributed by atoms with E-state index < -0.39 is 5.25 Å². The zero-order chi connectivity index (χ0) is 35.2. The number of anilines is 1. The van der Waals surface area contributed by atoms with Crippen LogP contribution < -0.4 is 10.6 Å². The van der Waals surface area contributed by atoms with Gasteiger partial charge in [-0.05, 0) is 54.0 Å². The van der Waals surface area contributed by atoms with Gasteiger partial charge >= 0.3 is 0 Å². The molecule has 1 heterocycles. The summed E-state index contributed by atoms with van der Waals surface area (Å²) in [5, 5.41) is 17.7. The van der Waals surface area contributed by atoms with Crippen LogP contribution in [0.2, 0.25) is 0 Å². The molecule has 0 radical (unpaired) electrons. The molecule has 0 aliphatic heterocycles. The number of tetrazole rings is 1. The molecule has 2 unspecified atom stereocenters. The van der Waals surface area contributed by atoms with Gasteiger partial charge in [0.05, 0.1) is 17.5 Å². The van der Waals surface area contributed by atoms with Crippen molar-refractivity contribution in [2.45, 2.75) is 107 Å². The van der Waals surface area contributed by atoms with Gasteiger partial charge in [-0.25, -0.2) is 0 Å². The number of amides is 2. The first-order valence-electron chi connectivity index (χ1n) is 18.3. The molecule has 0 aliphatic rings. The van der Waals surface area contributed by atoms with Crippen LogP contribution in [0.5, 0.6) is 0 Å². The molecule has 0 saturated heterocycles. The minimum atomic E-state index is -0.628. The summed E-state index contributed by atoms with van der Waals surface area (Å²) in [5.41, 5.74) is 2.12. The van der Waals surface area contributed by atoms with Crippen LogP contribution in [0, 0.1) is 5.92 Å². The smallest absolute Gasteiger partial charge is 0.243 e. The van der Waals surface area contributed by atoms with E-state index in [0.717, 1.165) is 24.9 Å². The number of hydrogen-bond donors (Lipinski definition) is 2. The van der Waals surface area contributed by atoms with E-state index in [0.29, 0.717) is 29.2 Å². The molecule has 2 N–H and O–H groups in total. The molecule has 0 saturated carbocycles. The first-order chi connectivity index (χ1) is 24.5. The van der Waals surface area contributed by atoms with Crippen LogP contribution in [0.1, 0.15) is 107 Å². The van der Waals surface area contributed by atoms with Crippen LogP contribution in [0.3, 0.4) is 0 Å². The zero-order valence-corrected chi connectivity index (χ0v) is 30.2. The van der Waals surface area contributed by atoms with Gasteiger partial charge in [0.2, 0.25) is 17.0 Å². The highest BCUT2D eigenvalue weighted by Crippen LogP contribution is 2.30. The van der Waals surface area contributed by atoms with Gasteiger partial charge in [-0.1, -0.05) is 156 Å². The predicted octanol–water partition coefficient (Wildman–Crippen LogP) is 8.86. The van der Waals surface area contributed by atoms with Gasteiger partial charge in [0.25, 0.3) is 0 Å². The largest absolute Gasteiger partial charge is 0.346 e. The molecule has 2 amide bonds. The van der Waals surface area contributed by atoms with E-state index in [1.807, 2.05) is 78.9 Å². The Morgan fingerprint density at radius 2 is 1.28 bits per heavy atom. The van der Waals surface area contributed by atoms with E-state index in [1.165, 1.54) is 69.5 Å². The molecule has 4 rings (SSSR count). The van der Waals surface area contributed by atoms with Gasteiger partial charge in [0.15, 0.2) is 5.78 Å². The Balaban J connectivity index is 1.39. The zero-order valence-electron chi connectivity index (χ0n) is 29.3. The van der Waals surface area contributed by atoms with Gasteiger partial charge in [0, 0.05) is 17.2 Å². The highest BCUT2D eigenvalue weighted by Gasteiger charge is 2.28. The van der Waals surface area contributed by atoms with Crippen molar-refractivity contribution >= 4 is 35.0 Å². The van der Waals surface area contributed by atoms with Gasteiger partial charge in [-0.15, -0.1) is 5.10 Å². The standard InChI is InChI=1S/C40H52N6O3S/c1-2-3-4-5-6-7-8-9-10-11-15-24-33(38(48)32-22-16-12-17-23-32)29-30-36(39(49)41-31-37(47)42-34-25-18-13-19-26-34)50-40-43-44-45-46(40)35-27-20-14-21-28-35/h12-14,16-23,25-28,33,36H,2-11,15,24,29-31H2,1H3,(H,41,49)(H,42,47). The van der Waals surface area contributed by atoms with Crippen LogP contribution in [-0.4, -0.2) is 49.6 Å². The van der Waals surface area contributed by atoms with Crippen molar-refractivity contribution in [3.05, 3.63) is 96.6 Å². The van der Waals surface area contributed by atoms with Crippen LogP contribution in [0.15, 0.2) is 96.2 Å². The van der Waals surface area contributed by atoms with Crippen molar-refractivity contribution in [3.63, 3.8) is 0 Å². The van der Waals surface area contributed by atoms with E-state index in [2.05, 4.69) is 33.1 Å². The number of rotatable bonds is 24. The first-order valence-corrected chi connectivity index (χ1v) is 19.2. The second-order valence-electron chi connectivity index (χ2n) is 12.8. The quantitative estimate of drug-likeness (QED) is 0.0427. The molecule has 9 nitrogen and oxygen atoms in total. The molecule has 0 fully saturated rings. The lowest BCUT2D eigenvalue weighted by Crippen LogP contribution is -2.38. The first kappa shape index (κ1) is 38.5. The molecular weight excluding hydrogens is 645 g/mol. The van der Waals surface area contributed by atoms with Crippen LogP contribution >= 0.6 is 11.8 Å².